The molecule has 94 valence electrons. The topological polar surface area (TPSA) is 67.2 Å². The number of benzene rings is 1. The van der Waals surface area contributed by atoms with Crippen molar-refractivity contribution in [2.24, 2.45) is 11.7 Å². The van der Waals surface area contributed by atoms with E-state index in [2.05, 4.69) is 17.6 Å². The first-order chi connectivity index (χ1) is 8.04. The average Bonchev–Trinajstić information content (AvgIpc) is 2.26. The number of anilines is 1. The van der Waals surface area contributed by atoms with Crippen LogP contribution < -0.4 is 16.4 Å². The van der Waals surface area contributed by atoms with Crippen LogP contribution in [0.5, 0.6) is 0 Å². The molecule has 0 aliphatic heterocycles. The minimum atomic E-state index is -0.377. The highest BCUT2D eigenvalue weighted by Crippen LogP contribution is 2.15. The van der Waals surface area contributed by atoms with Crippen LogP contribution in [0.25, 0.3) is 0 Å². The van der Waals surface area contributed by atoms with Crippen LogP contribution in [0, 0.1) is 12.8 Å². The maximum atomic E-state index is 11.1. The molecule has 1 rings (SSSR count). The Bertz CT molecular complexity index is 390. The Labute approximate surface area is 103 Å². The van der Waals surface area contributed by atoms with Gasteiger partial charge in [0.1, 0.15) is 0 Å². The van der Waals surface area contributed by atoms with Crippen LogP contribution in [0.15, 0.2) is 18.2 Å². The number of hydrogen-bond acceptors (Lipinski definition) is 3. The predicted molar refractivity (Wildman–Crippen MR) is 71.3 cm³/mol. The maximum Gasteiger partial charge on any atom is 0.248 e. The van der Waals surface area contributed by atoms with Gasteiger partial charge in [-0.1, -0.05) is 6.92 Å². The zero-order valence-electron chi connectivity index (χ0n) is 10.7. The standard InChI is InChI=1S/C13H21N3O/c1-9(7-15-3)8-16-11-4-5-12(13(14)17)10(2)6-11/h4-6,9,15-16H,7-8H2,1-3H3,(H2,14,17). The summed E-state index contributed by atoms with van der Waals surface area (Å²) in [5.41, 5.74) is 7.77. The van der Waals surface area contributed by atoms with Crippen molar-refractivity contribution >= 4 is 11.6 Å². The van der Waals surface area contributed by atoms with Gasteiger partial charge >= 0.3 is 0 Å². The van der Waals surface area contributed by atoms with Crippen LogP contribution >= 0.6 is 0 Å². The molecule has 0 aromatic heterocycles. The van der Waals surface area contributed by atoms with Crippen LogP contribution in [0.4, 0.5) is 5.69 Å². The Balaban J connectivity index is 2.62. The first kappa shape index (κ1) is 13.5. The highest BCUT2D eigenvalue weighted by atomic mass is 16.1. The fourth-order valence-corrected chi connectivity index (χ4v) is 1.76. The molecule has 4 nitrogen and oxygen atoms in total. The van der Waals surface area contributed by atoms with Gasteiger partial charge in [0.15, 0.2) is 0 Å². The molecule has 1 unspecified atom stereocenters. The second kappa shape index (κ2) is 6.25. The summed E-state index contributed by atoms with van der Waals surface area (Å²) in [4.78, 5) is 11.1. The van der Waals surface area contributed by atoms with Crippen LogP contribution in [-0.2, 0) is 0 Å². The Kier molecular flexibility index (Phi) is 4.97. The fraction of sp³-hybridized carbons (Fsp3) is 0.462. The van der Waals surface area contributed by atoms with Crippen molar-refractivity contribution in [1.82, 2.24) is 5.32 Å². The number of aryl methyl sites for hydroxylation is 1. The van der Waals surface area contributed by atoms with E-state index < -0.39 is 0 Å². The number of amides is 1. The first-order valence-electron chi connectivity index (χ1n) is 5.83. The van der Waals surface area contributed by atoms with E-state index in [0.717, 1.165) is 24.3 Å². The number of carbonyl (C=O) groups is 1. The largest absolute Gasteiger partial charge is 0.385 e. The molecule has 0 saturated carbocycles. The van der Waals surface area contributed by atoms with Crippen molar-refractivity contribution in [3.8, 4) is 0 Å². The second-order valence-electron chi connectivity index (χ2n) is 4.44. The summed E-state index contributed by atoms with van der Waals surface area (Å²) in [5.74, 6) is 0.175. The molecule has 1 aromatic carbocycles. The monoisotopic (exact) mass is 235 g/mol. The van der Waals surface area contributed by atoms with Gasteiger partial charge in [0.2, 0.25) is 5.91 Å². The van der Waals surface area contributed by atoms with Crippen LogP contribution in [-0.4, -0.2) is 26.0 Å². The summed E-state index contributed by atoms with van der Waals surface area (Å²) in [6.07, 6.45) is 0. The Hall–Kier alpha value is -1.55. The van der Waals surface area contributed by atoms with E-state index in [0.29, 0.717) is 11.5 Å². The van der Waals surface area contributed by atoms with Crippen molar-refractivity contribution in [3.05, 3.63) is 29.3 Å². The van der Waals surface area contributed by atoms with Crippen LogP contribution in [0.1, 0.15) is 22.8 Å². The molecule has 4 N–H and O–H groups in total. The average molecular weight is 235 g/mol. The molecule has 0 radical (unpaired) electrons. The molecule has 0 saturated heterocycles. The number of rotatable bonds is 6. The summed E-state index contributed by atoms with van der Waals surface area (Å²) in [6.45, 7) is 5.94. The second-order valence-corrected chi connectivity index (χ2v) is 4.44. The van der Waals surface area contributed by atoms with Crippen molar-refractivity contribution in [2.75, 3.05) is 25.5 Å². The third kappa shape index (κ3) is 4.07. The van der Waals surface area contributed by atoms with Gasteiger partial charge in [-0.15, -0.1) is 0 Å². The summed E-state index contributed by atoms with van der Waals surface area (Å²) >= 11 is 0. The lowest BCUT2D eigenvalue weighted by Crippen LogP contribution is -2.23. The Morgan fingerprint density at radius 3 is 2.65 bits per heavy atom. The van der Waals surface area contributed by atoms with Gasteiger partial charge in [0.05, 0.1) is 0 Å². The fourth-order valence-electron chi connectivity index (χ4n) is 1.76. The summed E-state index contributed by atoms with van der Waals surface area (Å²) in [5, 5.41) is 6.48. The van der Waals surface area contributed by atoms with Crippen LogP contribution in [0.2, 0.25) is 0 Å². The predicted octanol–water partition coefficient (Wildman–Crippen LogP) is 1.36. The molecule has 0 aliphatic carbocycles. The van der Waals surface area contributed by atoms with Crippen molar-refractivity contribution < 1.29 is 4.79 Å². The van der Waals surface area contributed by atoms with Crippen molar-refractivity contribution in [2.45, 2.75) is 13.8 Å². The highest BCUT2D eigenvalue weighted by molar-refractivity contribution is 5.94. The minimum Gasteiger partial charge on any atom is -0.385 e. The van der Waals surface area contributed by atoms with Gasteiger partial charge in [0.25, 0.3) is 0 Å². The first-order valence-corrected chi connectivity index (χ1v) is 5.83. The Morgan fingerprint density at radius 1 is 1.41 bits per heavy atom. The van der Waals surface area contributed by atoms with E-state index in [-0.39, 0.29) is 5.91 Å². The molecule has 1 aromatic rings. The molecule has 17 heavy (non-hydrogen) atoms. The number of carbonyl (C=O) groups excluding carboxylic acids is 1. The Morgan fingerprint density at radius 2 is 2.12 bits per heavy atom. The van der Waals surface area contributed by atoms with Gasteiger partial charge in [-0.25, -0.2) is 0 Å². The van der Waals surface area contributed by atoms with E-state index in [1.807, 2.05) is 26.1 Å². The number of nitrogens with one attached hydrogen (secondary N) is 2. The molecular weight excluding hydrogens is 214 g/mol. The number of nitrogens with two attached hydrogens (primary N) is 1. The SMILES string of the molecule is CNCC(C)CNc1ccc(C(N)=O)c(C)c1. The molecule has 0 heterocycles. The van der Waals surface area contributed by atoms with Gasteiger partial charge in [-0.05, 0) is 50.2 Å². The lowest BCUT2D eigenvalue weighted by atomic mass is 10.1. The molecular formula is C13H21N3O. The zero-order chi connectivity index (χ0) is 12.8. The van der Waals surface area contributed by atoms with Crippen molar-refractivity contribution in [3.63, 3.8) is 0 Å². The molecule has 0 aliphatic rings. The van der Waals surface area contributed by atoms with Gasteiger partial charge in [0, 0.05) is 17.8 Å². The molecule has 0 fully saturated rings. The van der Waals surface area contributed by atoms with E-state index in [1.54, 1.807) is 6.07 Å². The molecule has 0 bridgehead atoms. The summed E-state index contributed by atoms with van der Waals surface area (Å²) < 4.78 is 0. The normalized spacial score (nSPS) is 12.2. The maximum absolute atomic E-state index is 11.1. The van der Waals surface area contributed by atoms with E-state index in [1.165, 1.54) is 0 Å². The molecule has 0 spiro atoms. The minimum absolute atomic E-state index is 0.377. The quantitative estimate of drug-likeness (QED) is 0.697. The zero-order valence-corrected chi connectivity index (χ0v) is 10.7. The molecule has 4 heteroatoms. The van der Waals surface area contributed by atoms with E-state index in [9.17, 15) is 4.79 Å². The smallest absolute Gasteiger partial charge is 0.248 e. The number of primary amides is 1. The van der Waals surface area contributed by atoms with E-state index in [4.69, 9.17) is 5.73 Å². The van der Waals surface area contributed by atoms with Gasteiger partial charge in [-0.2, -0.15) is 0 Å². The third-order valence-corrected chi connectivity index (χ3v) is 2.70. The van der Waals surface area contributed by atoms with Crippen molar-refractivity contribution in [1.29, 1.82) is 0 Å². The third-order valence-electron chi connectivity index (χ3n) is 2.70. The van der Waals surface area contributed by atoms with Crippen LogP contribution in [0.3, 0.4) is 0 Å². The van der Waals surface area contributed by atoms with Gasteiger partial charge in [-0.3, -0.25) is 4.79 Å². The van der Waals surface area contributed by atoms with E-state index >= 15 is 0 Å². The molecule has 1 atom stereocenters. The highest BCUT2D eigenvalue weighted by Gasteiger charge is 2.06. The summed E-state index contributed by atoms with van der Waals surface area (Å²) in [7, 11) is 1.95. The summed E-state index contributed by atoms with van der Waals surface area (Å²) in [6, 6.07) is 5.61. The lowest BCUT2D eigenvalue weighted by molar-refractivity contribution is 0.1000. The molecule has 1 amide bonds. The number of hydrogen-bond donors (Lipinski definition) is 3. The van der Waals surface area contributed by atoms with Gasteiger partial charge < -0.3 is 16.4 Å². The lowest BCUT2D eigenvalue weighted by Gasteiger charge is -2.14.